The first-order chi connectivity index (χ1) is 12.2. The number of ether oxygens (including phenoxy) is 2. The van der Waals surface area contributed by atoms with E-state index < -0.39 is 42.3 Å². The third-order valence-corrected chi connectivity index (χ3v) is 6.22. The Morgan fingerprint density at radius 2 is 2.19 bits per heavy atom. The van der Waals surface area contributed by atoms with E-state index in [1.807, 2.05) is 6.92 Å². The van der Waals surface area contributed by atoms with Gasteiger partial charge in [0, 0.05) is 22.5 Å². The average Bonchev–Trinajstić information content (AvgIpc) is 2.93. The number of allylic oxidation sites excluding steroid dienone is 1. The third-order valence-electron chi connectivity index (χ3n) is 6.22. The fourth-order valence-corrected chi connectivity index (χ4v) is 4.58. The lowest BCUT2D eigenvalue weighted by Gasteiger charge is -2.53. The molecule has 2 saturated carbocycles. The maximum absolute atomic E-state index is 12.3. The minimum atomic E-state index is -0.724. The first-order valence-electron chi connectivity index (χ1n) is 8.99. The predicted molar refractivity (Wildman–Crippen MR) is 93.9 cm³/mol. The van der Waals surface area contributed by atoms with Crippen molar-refractivity contribution in [2.75, 3.05) is 6.61 Å². The fraction of sp³-hybridized carbons (Fsp3) is 0.600. The molecular weight excluding hydrogens is 336 g/mol. The highest BCUT2D eigenvalue weighted by molar-refractivity contribution is 5.93. The largest absolute Gasteiger partial charge is 0.454 e. The summed E-state index contributed by atoms with van der Waals surface area (Å²) in [5.41, 5.74) is 1.43. The van der Waals surface area contributed by atoms with Crippen LogP contribution in [0.25, 0.3) is 0 Å². The smallest absolute Gasteiger partial charge is 0.337 e. The van der Waals surface area contributed by atoms with Gasteiger partial charge in [0.2, 0.25) is 0 Å². The highest BCUT2D eigenvalue weighted by atomic mass is 16.6. The molecular formula is C20H26O6. The van der Waals surface area contributed by atoms with Gasteiger partial charge in [-0.3, -0.25) is 0 Å². The van der Waals surface area contributed by atoms with Crippen molar-refractivity contribution in [2.24, 2.45) is 11.3 Å². The summed E-state index contributed by atoms with van der Waals surface area (Å²) in [5.74, 6) is -1.33. The zero-order chi connectivity index (χ0) is 19.2. The van der Waals surface area contributed by atoms with Crippen molar-refractivity contribution in [3.8, 4) is 0 Å². The lowest BCUT2D eigenvalue weighted by molar-refractivity contribution is -0.159. The molecule has 0 aromatic heterocycles. The molecule has 0 spiro atoms. The Balaban J connectivity index is 2.06. The van der Waals surface area contributed by atoms with E-state index in [0.29, 0.717) is 30.4 Å². The molecule has 0 bridgehead atoms. The molecule has 0 amide bonds. The average molecular weight is 362 g/mol. The number of esters is 2. The van der Waals surface area contributed by atoms with Gasteiger partial charge in [-0.1, -0.05) is 25.2 Å². The van der Waals surface area contributed by atoms with Gasteiger partial charge in [0.25, 0.3) is 0 Å². The van der Waals surface area contributed by atoms with Gasteiger partial charge in [-0.25, -0.2) is 9.59 Å². The van der Waals surface area contributed by atoms with Gasteiger partial charge in [0.15, 0.2) is 0 Å². The van der Waals surface area contributed by atoms with Crippen LogP contribution in [-0.4, -0.2) is 47.1 Å². The van der Waals surface area contributed by atoms with Crippen LogP contribution in [0.4, 0.5) is 0 Å². The van der Waals surface area contributed by atoms with Crippen molar-refractivity contribution in [3.05, 3.63) is 34.9 Å². The van der Waals surface area contributed by atoms with Crippen LogP contribution in [0, 0.1) is 11.3 Å². The van der Waals surface area contributed by atoms with Crippen molar-refractivity contribution in [1.29, 1.82) is 0 Å². The monoisotopic (exact) mass is 362 g/mol. The minimum Gasteiger partial charge on any atom is -0.454 e. The van der Waals surface area contributed by atoms with Crippen LogP contribution in [0.5, 0.6) is 0 Å². The van der Waals surface area contributed by atoms with Crippen LogP contribution < -0.4 is 0 Å². The lowest BCUT2D eigenvalue weighted by atomic mass is 9.55. The van der Waals surface area contributed by atoms with Gasteiger partial charge in [0.05, 0.1) is 18.3 Å². The Labute approximate surface area is 153 Å². The van der Waals surface area contributed by atoms with E-state index in [4.69, 9.17) is 9.47 Å². The third kappa shape index (κ3) is 2.72. The first kappa shape index (κ1) is 18.9. The quantitative estimate of drug-likeness (QED) is 0.452. The van der Waals surface area contributed by atoms with E-state index in [0.717, 1.165) is 5.57 Å². The highest BCUT2D eigenvalue weighted by Crippen LogP contribution is 2.56. The molecule has 0 saturated heterocycles. The molecule has 142 valence electrons. The topological polar surface area (TPSA) is 93.1 Å². The maximum atomic E-state index is 12.3. The minimum absolute atomic E-state index is 0.154. The molecule has 2 N–H and O–H groups in total. The van der Waals surface area contributed by atoms with Crippen LogP contribution in [0.2, 0.25) is 0 Å². The molecule has 2 aliphatic carbocycles. The van der Waals surface area contributed by atoms with Crippen molar-refractivity contribution < 1.29 is 29.3 Å². The second-order valence-corrected chi connectivity index (χ2v) is 7.68. The zero-order valence-electron chi connectivity index (χ0n) is 15.4. The van der Waals surface area contributed by atoms with Crippen molar-refractivity contribution in [1.82, 2.24) is 0 Å². The molecule has 1 aliphatic heterocycles. The van der Waals surface area contributed by atoms with Crippen LogP contribution in [0.1, 0.15) is 40.0 Å². The summed E-state index contributed by atoms with van der Waals surface area (Å²) in [6, 6.07) is 0. The summed E-state index contributed by atoms with van der Waals surface area (Å²) >= 11 is 0. The van der Waals surface area contributed by atoms with Gasteiger partial charge >= 0.3 is 11.9 Å². The molecule has 6 heteroatoms. The molecule has 0 unspecified atom stereocenters. The summed E-state index contributed by atoms with van der Waals surface area (Å²) in [7, 11) is 0. The number of carbonyl (C=O) groups excluding carboxylic acids is 2. The first-order valence-corrected chi connectivity index (χ1v) is 8.99. The second-order valence-electron chi connectivity index (χ2n) is 7.68. The Morgan fingerprint density at radius 1 is 1.50 bits per heavy atom. The van der Waals surface area contributed by atoms with Crippen LogP contribution >= 0.6 is 0 Å². The molecule has 6 nitrogen and oxygen atoms in total. The summed E-state index contributed by atoms with van der Waals surface area (Å²) in [6.45, 7) is 8.99. The summed E-state index contributed by atoms with van der Waals surface area (Å²) < 4.78 is 11.3. The van der Waals surface area contributed by atoms with Gasteiger partial charge in [-0.2, -0.15) is 0 Å². The number of hydrogen-bond donors (Lipinski definition) is 2. The highest BCUT2D eigenvalue weighted by Gasteiger charge is 2.59. The second kappa shape index (κ2) is 6.67. The Hall–Kier alpha value is -1.92. The van der Waals surface area contributed by atoms with Crippen LogP contribution in [0.3, 0.4) is 0 Å². The van der Waals surface area contributed by atoms with Gasteiger partial charge in [-0.15, -0.1) is 0 Å². The number of aliphatic hydroxyl groups excluding tert-OH is 2. The molecule has 0 radical (unpaired) electrons. The van der Waals surface area contributed by atoms with E-state index in [1.54, 1.807) is 19.9 Å². The van der Waals surface area contributed by atoms with E-state index in [-0.39, 0.29) is 11.5 Å². The van der Waals surface area contributed by atoms with Crippen LogP contribution in [0.15, 0.2) is 34.9 Å². The summed E-state index contributed by atoms with van der Waals surface area (Å²) in [6.07, 6.45) is 1.24. The number of carbonyl (C=O) groups is 2. The molecule has 3 aliphatic rings. The molecule has 3 rings (SSSR count). The lowest BCUT2D eigenvalue weighted by Crippen LogP contribution is -2.56. The number of hydrogen-bond acceptors (Lipinski definition) is 6. The predicted octanol–water partition coefficient (Wildman–Crippen LogP) is 1.82. The van der Waals surface area contributed by atoms with Gasteiger partial charge in [0.1, 0.15) is 12.2 Å². The van der Waals surface area contributed by atoms with Gasteiger partial charge < -0.3 is 19.7 Å². The van der Waals surface area contributed by atoms with Crippen molar-refractivity contribution >= 4 is 11.9 Å². The Bertz CT molecular complexity index is 718. The standard InChI is InChI=1S/C20H26O6/c1-5-10(2)18(23)25-13-8-20(4)14(22)7-6-11(3)16(20)17-15(13)12(9-21)19(24)26-17/h5,13-14,16-17,21-22H,3,6-9H2,1-2,4H3/b10-5+/t13-,14-,16-,17+,20+/m1/s1. The molecule has 2 fully saturated rings. The SMILES string of the molecule is C=C1CC[C@@H](O)[C@]2(C)C[C@@H](OC(=O)/C(C)=C/C)C3=C(CO)C(=O)O[C@@H]3[C@@H]12. The van der Waals surface area contributed by atoms with E-state index in [9.17, 15) is 19.8 Å². The van der Waals surface area contributed by atoms with Crippen LogP contribution in [-0.2, 0) is 19.1 Å². The Kier molecular flexibility index (Phi) is 4.84. The normalized spacial score (nSPS) is 37.2. The van der Waals surface area contributed by atoms with E-state index >= 15 is 0 Å². The molecule has 0 aromatic rings. The van der Waals surface area contributed by atoms with Crippen molar-refractivity contribution in [3.63, 3.8) is 0 Å². The number of aliphatic hydroxyl groups is 2. The molecule has 0 aromatic carbocycles. The Morgan fingerprint density at radius 3 is 2.81 bits per heavy atom. The number of rotatable bonds is 3. The molecule has 1 heterocycles. The maximum Gasteiger partial charge on any atom is 0.337 e. The number of fused-ring (bicyclic) bond motifs is 3. The molecule has 5 atom stereocenters. The van der Waals surface area contributed by atoms with Gasteiger partial charge in [-0.05, 0) is 33.1 Å². The van der Waals surface area contributed by atoms with Crippen molar-refractivity contribution in [2.45, 2.75) is 58.3 Å². The summed E-state index contributed by atoms with van der Waals surface area (Å²) in [5, 5.41) is 20.4. The van der Waals surface area contributed by atoms with E-state index in [2.05, 4.69) is 6.58 Å². The van der Waals surface area contributed by atoms with E-state index in [1.165, 1.54) is 0 Å². The fourth-order valence-electron chi connectivity index (χ4n) is 4.58. The zero-order valence-corrected chi connectivity index (χ0v) is 15.4. The summed E-state index contributed by atoms with van der Waals surface area (Å²) in [4.78, 5) is 24.6. The molecule has 26 heavy (non-hydrogen) atoms.